The van der Waals surface area contributed by atoms with Crippen LogP contribution in [0.5, 0.6) is 0 Å². The molecule has 0 saturated carbocycles. The van der Waals surface area contributed by atoms with Crippen molar-refractivity contribution in [2.45, 2.75) is 6.54 Å². The summed E-state index contributed by atoms with van der Waals surface area (Å²) in [5.74, 6) is 0.901. The minimum atomic E-state index is 0.134. The van der Waals surface area contributed by atoms with Crippen LogP contribution >= 0.6 is 0 Å². The summed E-state index contributed by atoms with van der Waals surface area (Å²) in [7, 11) is 3.81. The third-order valence-electron chi connectivity index (χ3n) is 1.64. The number of nitrogens with two attached hydrogens (primary N) is 1. The van der Waals surface area contributed by atoms with E-state index >= 15 is 0 Å². The van der Waals surface area contributed by atoms with Crippen LogP contribution in [0.1, 0.15) is 5.82 Å². The predicted molar refractivity (Wildman–Crippen MR) is 49.4 cm³/mol. The average molecular weight is 210 g/mol. The number of nitrogen functional groups attached to an aromatic ring is 1. The lowest BCUT2D eigenvalue weighted by atomic mass is 10.4. The second kappa shape index (κ2) is 3.65. The molecule has 15 heavy (non-hydrogen) atoms. The molecule has 0 aromatic carbocycles. The molecule has 0 aliphatic carbocycles. The van der Waals surface area contributed by atoms with E-state index in [9.17, 15) is 0 Å². The Morgan fingerprint density at radius 2 is 2.07 bits per heavy atom. The van der Waals surface area contributed by atoms with Crippen LogP contribution in [0.2, 0.25) is 0 Å². The van der Waals surface area contributed by atoms with Crippen molar-refractivity contribution in [2.75, 3.05) is 19.8 Å². The van der Waals surface area contributed by atoms with Gasteiger partial charge >= 0.3 is 0 Å². The van der Waals surface area contributed by atoms with Gasteiger partial charge in [-0.2, -0.15) is 4.98 Å². The van der Waals surface area contributed by atoms with Crippen LogP contribution in [-0.2, 0) is 6.54 Å². The van der Waals surface area contributed by atoms with Gasteiger partial charge in [-0.25, -0.2) is 4.63 Å². The third kappa shape index (κ3) is 1.94. The molecule has 0 spiro atoms. The van der Waals surface area contributed by atoms with E-state index in [1.807, 2.05) is 19.0 Å². The molecule has 0 atom stereocenters. The second-order valence-electron chi connectivity index (χ2n) is 3.25. The first kappa shape index (κ1) is 9.59. The summed E-state index contributed by atoms with van der Waals surface area (Å²) in [6.07, 6.45) is 0. The van der Waals surface area contributed by atoms with Crippen LogP contribution in [0, 0.1) is 0 Å². The van der Waals surface area contributed by atoms with E-state index in [0.717, 1.165) is 0 Å². The Hall–Kier alpha value is -1.96. The highest BCUT2D eigenvalue weighted by atomic mass is 16.6. The number of anilines is 1. The maximum atomic E-state index is 5.48. The van der Waals surface area contributed by atoms with E-state index < -0.39 is 0 Å². The molecule has 0 bridgehead atoms. The molecule has 2 heterocycles. The first-order valence-corrected chi connectivity index (χ1v) is 4.22. The van der Waals surface area contributed by atoms with Crippen molar-refractivity contribution in [3.05, 3.63) is 5.82 Å². The fourth-order valence-corrected chi connectivity index (χ4v) is 1.04. The Morgan fingerprint density at radius 1 is 1.27 bits per heavy atom. The second-order valence-corrected chi connectivity index (χ2v) is 3.25. The van der Waals surface area contributed by atoms with Crippen molar-refractivity contribution >= 4 is 5.82 Å². The summed E-state index contributed by atoms with van der Waals surface area (Å²) in [5, 5.41) is 10.7. The minimum Gasteiger partial charge on any atom is -0.379 e. The largest absolute Gasteiger partial charge is 0.379 e. The molecule has 0 saturated heterocycles. The molecule has 0 fully saturated rings. The van der Waals surface area contributed by atoms with Crippen LogP contribution in [0.15, 0.2) is 9.15 Å². The van der Waals surface area contributed by atoms with Gasteiger partial charge in [-0.3, -0.25) is 0 Å². The van der Waals surface area contributed by atoms with E-state index in [4.69, 9.17) is 10.3 Å². The first-order valence-electron chi connectivity index (χ1n) is 4.22. The molecular weight excluding hydrogens is 200 g/mol. The van der Waals surface area contributed by atoms with Gasteiger partial charge in [0, 0.05) is 0 Å². The maximum Gasteiger partial charge on any atom is 0.284 e. The Balaban J connectivity index is 2.24. The number of nitrogens with zero attached hydrogens (tertiary/aromatic N) is 5. The molecule has 0 aliphatic rings. The van der Waals surface area contributed by atoms with E-state index in [1.54, 1.807) is 0 Å². The first-order chi connectivity index (χ1) is 7.16. The lowest BCUT2D eigenvalue weighted by Crippen LogP contribution is -2.11. The predicted octanol–water partition coefficient (Wildman–Crippen LogP) is -0.237. The number of hydrogen-bond acceptors (Lipinski definition) is 8. The Labute approximate surface area is 85.0 Å². The molecule has 0 radical (unpaired) electrons. The third-order valence-corrected chi connectivity index (χ3v) is 1.64. The summed E-state index contributed by atoms with van der Waals surface area (Å²) in [5.41, 5.74) is 5.75. The zero-order chi connectivity index (χ0) is 10.8. The van der Waals surface area contributed by atoms with Gasteiger partial charge in [0.15, 0.2) is 5.82 Å². The van der Waals surface area contributed by atoms with Crippen molar-refractivity contribution < 1.29 is 9.15 Å². The SMILES string of the molecule is CN(C)Cc1noc(-c2nonc2N)n1. The molecule has 2 aromatic rings. The van der Waals surface area contributed by atoms with E-state index in [0.29, 0.717) is 12.4 Å². The normalized spacial score (nSPS) is 11.1. The minimum absolute atomic E-state index is 0.134. The molecule has 0 unspecified atom stereocenters. The van der Waals surface area contributed by atoms with Crippen LogP contribution in [0.3, 0.4) is 0 Å². The Bertz CT molecular complexity index is 448. The molecule has 2 aromatic heterocycles. The highest BCUT2D eigenvalue weighted by molar-refractivity contribution is 5.60. The van der Waals surface area contributed by atoms with Crippen LogP contribution < -0.4 is 5.73 Å². The van der Waals surface area contributed by atoms with Gasteiger partial charge in [-0.05, 0) is 24.4 Å². The topological polar surface area (TPSA) is 107 Å². The fourth-order valence-electron chi connectivity index (χ4n) is 1.04. The summed E-state index contributed by atoms with van der Waals surface area (Å²) < 4.78 is 9.39. The maximum absolute atomic E-state index is 5.48. The van der Waals surface area contributed by atoms with E-state index in [2.05, 4.69) is 25.1 Å². The molecule has 0 amide bonds. The van der Waals surface area contributed by atoms with Crippen molar-refractivity contribution in [3.8, 4) is 11.6 Å². The summed E-state index contributed by atoms with van der Waals surface area (Å²) in [4.78, 5) is 6.01. The molecule has 2 N–H and O–H groups in total. The zero-order valence-electron chi connectivity index (χ0n) is 8.34. The van der Waals surface area contributed by atoms with Gasteiger partial charge in [0.2, 0.25) is 11.5 Å². The molecule has 8 nitrogen and oxygen atoms in total. The van der Waals surface area contributed by atoms with Crippen LogP contribution in [-0.4, -0.2) is 39.4 Å². The van der Waals surface area contributed by atoms with E-state index in [-0.39, 0.29) is 17.4 Å². The zero-order valence-corrected chi connectivity index (χ0v) is 8.34. The summed E-state index contributed by atoms with van der Waals surface area (Å²) in [6.45, 7) is 0.578. The number of aromatic nitrogens is 4. The Kier molecular flexibility index (Phi) is 2.34. The van der Waals surface area contributed by atoms with Gasteiger partial charge in [0.1, 0.15) is 0 Å². The summed E-state index contributed by atoms with van der Waals surface area (Å²) in [6, 6.07) is 0. The highest BCUT2D eigenvalue weighted by Gasteiger charge is 2.16. The quantitative estimate of drug-likeness (QED) is 0.739. The molecular formula is C7H10N6O2. The van der Waals surface area contributed by atoms with Crippen LogP contribution in [0.25, 0.3) is 11.6 Å². The molecule has 8 heteroatoms. The molecule has 2 rings (SSSR count). The molecule has 80 valence electrons. The van der Waals surface area contributed by atoms with Crippen molar-refractivity contribution in [1.82, 2.24) is 25.4 Å². The monoisotopic (exact) mass is 210 g/mol. The molecule has 0 aliphatic heterocycles. The van der Waals surface area contributed by atoms with Crippen molar-refractivity contribution in [3.63, 3.8) is 0 Å². The lowest BCUT2D eigenvalue weighted by Gasteiger charge is -2.03. The van der Waals surface area contributed by atoms with Gasteiger partial charge in [0.25, 0.3) is 5.89 Å². The average Bonchev–Trinajstić information content (AvgIpc) is 2.72. The van der Waals surface area contributed by atoms with Gasteiger partial charge in [0.05, 0.1) is 6.54 Å². The highest BCUT2D eigenvalue weighted by Crippen LogP contribution is 2.19. The number of rotatable bonds is 3. The van der Waals surface area contributed by atoms with Gasteiger partial charge < -0.3 is 15.2 Å². The smallest absolute Gasteiger partial charge is 0.284 e. The van der Waals surface area contributed by atoms with Gasteiger partial charge in [-0.1, -0.05) is 5.16 Å². The van der Waals surface area contributed by atoms with E-state index in [1.165, 1.54) is 0 Å². The summed E-state index contributed by atoms with van der Waals surface area (Å²) >= 11 is 0. The fraction of sp³-hybridized carbons (Fsp3) is 0.429. The Morgan fingerprint density at radius 3 is 2.67 bits per heavy atom. The number of hydrogen-bond donors (Lipinski definition) is 1. The van der Waals surface area contributed by atoms with Gasteiger partial charge in [-0.15, -0.1) is 0 Å². The van der Waals surface area contributed by atoms with Crippen molar-refractivity contribution in [2.24, 2.45) is 0 Å². The lowest BCUT2D eigenvalue weighted by molar-refractivity contribution is 0.308. The van der Waals surface area contributed by atoms with Crippen molar-refractivity contribution in [1.29, 1.82) is 0 Å². The standard InChI is InChI=1S/C7H10N6O2/c1-13(2)3-4-9-7(14-10-4)5-6(8)12-15-11-5/h3H2,1-2H3,(H2,8,12). The van der Waals surface area contributed by atoms with Crippen LogP contribution in [0.4, 0.5) is 5.82 Å².